The van der Waals surface area contributed by atoms with Crippen LogP contribution in [-0.2, 0) is 0 Å². The molecule has 2 rings (SSSR count). The Kier molecular flexibility index (Phi) is 1.19. The first kappa shape index (κ1) is 6.69. The van der Waals surface area contributed by atoms with Crippen LogP contribution < -0.4 is 0 Å². The number of rotatable bonds is 0. The molecule has 0 N–H and O–H groups in total. The van der Waals surface area contributed by atoms with Crippen LogP contribution in [0.3, 0.4) is 0 Å². The molecule has 0 radical (unpaired) electrons. The van der Waals surface area contributed by atoms with E-state index in [1.165, 1.54) is 0 Å². The first-order valence-corrected chi connectivity index (χ1v) is 4.64. The van der Waals surface area contributed by atoms with Gasteiger partial charge in [-0.1, -0.05) is 27.7 Å². The van der Waals surface area contributed by atoms with Crippen LogP contribution in [0.2, 0.25) is 0 Å². The van der Waals surface area contributed by atoms with Gasteiger partial charge in [-0.25, -0.2) is 0 Å². The van der Waals surface area contributed by atoms with E-state index in [-0.39, 0.29) is 0 Å². The molecule has 2 fully saturated rings. The summed E-state index contributed by atoms with van der Waals surface area (Å²) in [4.78, 5) is 0. The number of hydrogen-bond donors (Lipinski definition) is 0. The van der Waals surface area contributed by atoms with Gasteiger partial charge in [0.05, 0.1) is 0 Å². The van der Waals surface area contributed by atoms with Crippen molar-refractivity contribution in [2.45, 2.75) is 27.7 Å². The van der Waals surface area contributed by atoms with E-state index in [0.717, 1.165) is 35.5 Å². The molecule has 2 aliphatic rings. The monoisotopic (exact) mass is 138 g/mol. The zero-order chi connectivity index (χ0) is 7.46. The molecule has 0 saturated heterocycles. The summed E-state index contributed by atoms with van der Waals surface area (Å²) >= 11 is 0. The van der Waals surface area contributed by atoms with E-state index in [0.29, 0.717) is 0 Å². The van der Waals surface area contributed by atoms with Crippen LogP contribution in [0.1, 0.15) is 27.7 Å². The zero-order valence-electron chi connectivity index (χ0n) is 7.46. The maximum atomic E-state index is 2.42. The summed E-state index contributed by atoms with van der Waals surface area (Å²) in [7, 11) is 0. The third-order valence-corrected chi connectivity index (χ3v) is 4.53. The van der Waals surface area contributed by atoms with Crippen LogP contribution in [-0.4, -0.2) is 0 Å². The lowest BCUT2D eigenvalue weighted by atomic mass is 9.39. The average molecular weight is 138 g/mol. The Hall–Kier alpha value is 0. The minimum atomic E-state index is 1.02. The Morgan fingerprint density at radius 2 is 0.700 bits per heavy atom. The maximum absolute atomic E-state index is 2.42. The summed E-state index contributed by atoms with van der Waals surface area (Å²) in [5.41, 5.74) is 0. The molecule has 4 atom stereocenters. The molecule has 0 aromatic rings. The van der Waals surface area contributed by atoms with Gasteiger partial charge in [0.15, 0.2) is 0 Å². The van der Waals surface area contributed by atoms with E-state index in [9.17, 15) is 0 Å². The van der Waals surface area contributed by atoms with Crippen molar-refractivity contribution in [2.24, 2.45) is 35.5 Å². The van der Waals surface area contributed by atoms with Gasteiger partial charge < -0.3 is 0 Å². The standard InChI is InChI=1S/C10H18/c1-5-6(2)10-8(4)7(3)9(5)10/h5-10H,1-4H3. The summed E-state index contributed by atoms with van der Waals surface area (Å²) in [5.74, 6) is 6.30. The fourth-order valence-electron chi connectivity index (χ4n) is 3.47. The molecule has 0 bridgehead atoms. The van der Waals surface area contributed by atoms with Gasteiger partial charge in [-0.3, -0.25) is 0 Å². The van der Waals surface area contributed by atoms with E-state index in [4.69, 9.17) is 0 Å². The summed E-state index contributed by atoms with van der Waals surface area (Å²) < 4.78 is 0. The first-order valence-electron chi connectivity index (χ1n) is 4.64. The molecule has 0 aliphatic heterocycles. The van der Waals surface area contributed by atoms with Gasteiger partial charge in [-0.05, 0) is 35.5 Å². The van der Waals surface area contributed by atoms with E-state index in [2.05, 4.69) is 27.7 Å². The Labute approximate surface area is 64.0 Å². The van der Waals surface area contributed by atoms with Gasteiger partial charge in [-0.2, -0.15) is 0 Å². The van der Waals surface area contributed by atoms with Crippen molar-refractivity contribution in [2.75, 3.05) is 0 Å². The summed E-state index contributed by atoms with van der Waals surface area (Å²) in [6.07, 6.45) is 0. The van der Waals surface area contributed by atoms with Crippen LogP contribution in [0, 0.1) is 35.5 Å². The third kappa shape index (κ3) is 0.500. The largest absolute Gasteiger partial charge is 0.0620 e. The Morgan fingerprint density at radius 3 is 0.900 bits per heavy atom. The second kappa shape index (κ2) is 1.78. The number of fused-ring (bicyclic) bond motifs is 1. The molecule has 0 heterocycles. The Morgan fingerprint density at radius 1 is 0.500 bits per heavy atom. The van der Waals surface area contributed by atoms with Crippen LogP contribution >= 0.6 is 0 Å². The minimum absolute atomic E-state index is 1.02. The molecule has 4 unspecified atom stereocenters. The molecule has 0 nitrogen and oxygen atoms in total. The lowest BCUT2D eigenvalue weighted by Crippen LogP contribution is -2.61. The van der Waals surface area contributed by atoms with Crippen LogP contribution in [0.4, 0.5) is 0 Å². The number of hydrogen-bond acceptors (Lipinski definition) is 0. The molecule has 0 aromatic heterocycles. The molecular formula is C10H18. The van der Waals surface area contributed by atoms with Gasteiger partial charge in [0.25, 0.3) is 0 Å². The smallest absolute Gasteiger partial charge is 0.0324 e. The van der Waals surface area contributed by atoms with Gasteiger partial charge in [0, 0.05) is 0 Å². The summed E-state index contributed by atoms with van der Waals surface area (Å²) in [5, 5.41) is 0. The highest BCUT2D eigenvalue weighted by atomic mass is 14.6. The predicted octanol–water partition coefficient (Wildman–Crippen LogP) is 2.79. The molecular weight excluding hydrogens is 120 g/mol. The molecule has 0 amide bonds. The molecule has 2 saturated carbocycles. The third-order valence-electron chi connectivity index (χ3n) is 4.53. The second-order valence-corrected chi connectivity index (χ2v) is 4.59. The van der Waals surface area contributed by atoms with Gasteiger partial charge in [-0.15, -0.1) is 0 Å². The predicted molar refractivity (Wildman–Crippen MR) is 43.6 cm³/mol. The van der Waals surface area contributed by atoms with Crippen LogP contribution in [0.15, 0.2) is 0 Å². The van der Waals surface area contributed by atoms with Gasteiger partial charge >= 0.3 is 0 Å². The lowest BCUT2D eigenvalue weighted by molar-refractivity contribution is -0.178. The van der Waals surface area contributed by atoms with E-state index < -0.39 is 0 Å². The SMILES string of the molecule is CC1C(C)C2C(C)C(C)C12. The maximum Gasteiger partial charge on any atom is -0.0324 e. The van der Waals surface area contributed by atoms with Crippen molar-refractivity contribution in [3.8, 4) is 0 Å². The Bertz CT molecular complexity index is 116. The molecule has 0 heteroatoms. The van der Waals surface area contributed by atoms with Crippen molar-refractivity contribution in [1.82, 2.24) is 0 Å². The van der Waals surface area contributed by atoms with Crippen molar-refractivity contribution in [3.05, 3.63) is 0 Å². The highest BCUT2D eigenvalue weighted by molar-refractivity contribution is 5.06. The van der Waals surface area contributed by atoms with Crippen molar-refractivity contribution < 1.29 is 0 Å². The fourth-order valence-corrected chi connectivity index (χ4v) is 3.47. The topological polar surface area (TPSA) is 0 Å². The van der Waals surface area contributed by atoms with Crippen molar-refractivity contribution in [1.29, 1.82) is 0 Å². The average Bonchev–Trinajstić information content (AvgIpc) is 1.95. The molecule has 0 spiro atoms. The summed E-state index contributed by atoms with van der Waals surface area (Å²) in [6.45, 7) is 9.70. The molecule has 58 valence electrons. The van der Waals surface area contributed by atoms with E-state index in [1.807, 2.05) is 0 Å². The zero-order valence-corrected chi connectivity index (χ0v) is 7.46. The van der Waals surface area contributed by atoms with E-state index >= 15 is 0 Å². The van der Waals surface area contributed by atoms with Crippen molar-refractivity contribution in [3.63, 3.8) is 0 Å². The van der Waals surface area contributed by atoms with Gasteiger partial charge in [0.1, 0.15) is 0 Å². The van der Waals surface area contributed by atoms with E-state index in [1.54, 1.807) is 0 Å². The van der Waals surface area contributed by atoms with Crippen molar-refractivity contribution >= 4 is 0 Å². The Balaban J connectivity index is 2.07. The molecule has 10 heavy (non-hydrogen) atoms. The summed E-state index contributed by atoms with van der Waals surface area (Å²) in [6, 6.07) is 0. The highest BCUT2D eigenvalue weighted by Crippen LogP contribution is 2.63. The molecule has 2 aliphatic carbocycles. The molecule has 0 aromatic carbocycles. The van der Waals surface area contributed by atoms with Crippen LogP contribution in [0.5, 0.6) is 0 Å². The lowest BCUT2D eigenvalue weighted by Gasteiger charge is -2.65. The second-order valence-electron chi connectivity index (χ2n) is 4.59. The van der Waals surface area contributed by atoms with Gasteiger partial charge in [0.2, 0.25) is 0 Å². The fraction of sp³-hybridized carbons (Fsp3) is 1.00. The first-order chi connectivity index (χ1) is 4.64. The van der Waals surface area contributed by atoms with Crippen LogP contribution in [0.25, 0.3) is 0 Å². The normalized spacial score (nSPS) is 66.0. The quantitative estimate of drug-likeness (QED) is 0.483. The minimum Gasteiger partial charge on any atom is -0.0620 e. The highest BCUT2D eigenvalue weighted by Gasteiger charge is 2.59.